The molecule has 4 aromatic rings. The van der Waals surface area contributed by atoms with E-state index in [0.29, 0.717) is 37.8 Å². The molecule has 9 N–H and O–H groups in total. The average Bonchev–Trinajstić information content (AvgIpc) is 4.25. The molecule has 0 unspecified atom stereocenters. The highest BCUT2D eigenvalue weighted by Crippen LogP contribution is 2.31. The number of hydrogen-bond donors (Lipinski definition) is 8. The number of aryl methyl sites for hydroxylation is 4. The standard InChI is InChI=1S/C21H26N6O2.C17H22N6O.C6H15N.C4H5ClO/c1-13-12-24-21(25-16-6-7-17-15(11-16)5-8-18(28)26-17)27-19(13)22-9-2-10-23-20(29)14-3-4-14;1-11-10-20-17(23-16(11)19-8-2-7-18)21-13-4-5-14-12(9-13)3-6-15(24)22-14;1-4-7(5-2)6-3;5-4(6)3-1-2-3/h6-7,11-12,14H,2-5,8-10H2,1H3,(H,23,29)(H,26,28)(H2,22,24,25,27);4-5,9-10H,2-3,6-8,18H2,1H3,(H,22,24)(H2,19,20,21,23);4-6H2,1-3H3;3H,1-2H2. The molecule has 0 atom stereocenters. The second kappa shape index (κ2) is 26.3. The summed E-state index contributed by atoms with van der Waals surface area (Å²) in [6, 6.07) is 11.7. The number of amides is 3. The van der Waals surface area contributed by atoms with Crippen LogP contribution < -0.4 is 43.0 Å². The lowest BCUT2D eigenvalue weighted by molar-refractivity contribution is -0.122. The SMILES string of the molecule is CCN(CC)CC.Cc1cnc(Nc2ccc3c(c2)CCC(=O)N3)nc1NCCCN.Cc1cnc(Nc2ccc3c(c2)CCC(=O)N3)nc1NCCCNC(=O)C1CC1.O=C(Cl)C1CC1. The molecule has 2 aliphatic carbocycles. The quantitative estimate of drug-likeness (QED) is 0.0358. The molecule has 3 amide bonds. The first kappa shape index (κ1) is 51.1. The molecular formula is C48H68ClN13O4. The Balaban J connectivity index is 0.000000197. The Morgan fingerprint density at radius 2 is 1.17 bits per heavy atom. The molecule has 0 saturated heterocycles. The first-order chi connectivity index (χ1) is 31.9. The maximum Gasteiger partial charge on any atom is 0.229 e. The Morgan fingerprint density at radius 1 is 0.697 bits per heavy atom. The second-order valence-corrected chi connectivity index (χ2v) is 17.0. The third-order valence-corrected chi connectivity index (χ3v) is 11.6. The molecule has 2 fully saturated rings. The summed E-state index contributed by atoms with van der Waals surface area (Å²) >= 11 is 5.04. The maximum atomic E-state index is 11.6. The number of carbonyl (C=O) groups is 4. The zero-order valence-electron chi connectivity index (χ0n) is 39.1. The van der Waals surface area contributed by atoms with Gasteiger partial charge in [-0.1, -0.05) is 20.8 Å². The van der Waals surface area contributed by atoms with Gasteiger partial charge in [0.05, 0.1) is 0 Å². The van der Waals surface area contributed by atoms with E-state index in [0.717, 1.165) is 121 Å². The van der Waals surface area contributed by atoms with Gasteiger partial charge in [0.25, 0.3) is 0 Å². The summed E-state index contributed by atoms with van der Waals surface area (Å²) in [5.41, 5.74) is 13.2. The van der Waals surface area contributed by atoms with E-state index in [1.165, 1.54) is 19.6 Å². The number of anilines is 8. The normalized spacial score (nSPS) is 14.5. The van der Waals surface area contributed by atoms with Crippen molar-refractivity contribution >= 4 is 80.8 Å². The molecule has 2 aromatic carbocycles. The number of nitrogens with one attached hydrogen (secondary N) is 7. The number of nitrogens with two attached hydrogens (primary N) is 1. The average molecular weight is 927 g/mol. The Bertz CT molecular complexity index is 2240. The number of rotatable bonds is 18. The molecule has 0 bridgehead atoms. The molecule has 17 nitrogen and oxygen atoms in total. The van der Waals surface area contributed by atoms with E-state index in [2.05, 4.69) is 82.8 Å². The van der Waals surface area contributed by atoms with Crippen molar-refractivity contribution in [3.8, 4) is 0 Å². The summed E-state index contributed by atoms with van der Waals surface area (Å²) in [6.45, 7) is 16.9. The summed E-state index contributed by atoms with van der Waals surface area (Å²) in [7, 11) is 0. The van der Waals surface area contributed by atoms with E-state index in [-0.39, 0.29) is 34.8 Å². The first-order valence-electron chi connectivity index (χ1n) is 23.3. The summed E-state index contributed by atoms with van der Waals surface area (Å²) in [5.74, 6) is 3.43. The van der Waals surface area contributed by atoms with Crippen molar-refractivity contribution in [1.29, 1.82) is 0 Å². The topological polar surface area (TPSA) is 233 Å². The largest absolute Gasteiger partial charge is 0.370 e. The zero-order chi connectivity index (χ0) is 47.4. The van der Waals surface area contributed by atoms with Gasteiger partial charge in [-0.05, 0) is 151 Å². The van der Waals surface area contributed by atoms with Crippen molar-refractivity contribution in [2.75, 3.05) is 77.7 Å². The molecule has 4 heterocycles. The van der Waals surface area contributed by atoms with Gasteiger partial charge in [-0.2, -0.15) is 9.97 Å². The van der Waals surface area contributed by atoms with Gasteiger partial charge in [0.2, 0.25) is 34.9 Å². The fraction of sp³-hybridized carbons (Fsp3) is 0.500. The van der Waals surface area contributed by atoms with Gasteiger partial charge in [0.1, 0.15) is 11.6 Å². The van der Waals surface area contributed by atoms with Crippen LogP contribution in [0.4, 0.5) is 46.3 Å². The molecule has 8 rings (SSSR count). The van der Waals surface area contributed by atoms with Crippen molar-refractivity contribution in [3.63, 3.8) is 0 Å². The van der Waals surface area contributed by atoms with Gasteiger partial charge in [-0.3, -0.25) is 19.2 Å². The minimum Gasteiger partial charge on any atom is -0.370 e. The Morgan fingerprint density at radius 3 is 1.56 bits per heavy atom. The van der Waals surface area contributed by atoms with E-state index in [4.69, 9.17) is 17.3 Å². The van der Waals surface area contributed by atoms with Gasteiger partial charge < -0.3 is 47.9 Å². The van der Waals surface area contributed by atoms with Crippen LogP contribution in [0.5, 0.6) is 0 Å². The van der Waals surface area contributed by atoms with Gasteiger partial charge in [-0.15, -0.1) is 0 Å². The van der Waals surface area contributed by atoms with Crippen molar-refractivity contribution in [2.45, 2.75) is 98.8 Å². The molecule has 4 aliphatic rings. The van der Waals surface area contributed by atoms with E-state index < -0.39 is 0 Å². The minimum absolute atomic E-state index is 0.0582. The summed E-state index contributed by atoms with van der Waals surface area (Å²) in [4.78, 5) is 64.7. The van der Waals surface area contributed by atoms with Crippen LogP contribution in [0.1, 0.15) is 94.4 Å². The van der Waals surface area contributed by atoms with Gasteiger partial charge in [-0.25, -0.2) is 9.97 Å². The third-order valence-electron chi connectivity index (χ3n) is 11.3. The molecule has 18 heteroatoms. The monoisotopic (exact) mass is 926 g/mol. The zero-order valence-corrected chi connectivity index (χ0v) is 39.9. The second-order valence-electron chi connectivity index (χ2n) is 16.7. The van der Waals surface area contributed by atoms with Crippen molar-refractivity contribution in [3.05, 3.63) is 71.0 Å². The van der Waals surface area contributed by atoms with Crippen LogP contribution in [0, 0.1) is 25.7 Å². The predicted octanol–water partition coefficient (Wildman–Crippen LogP) is 7.43. The molecule has 66 heavy (non-hydrogen) atoms. The molecular weight excluding hydrogens is 858 g/mol. The lowest BCUT2D eigenvalue weighted by Gasteiger charge is -2.18. The number of fused-ring (bicyclic) bond motifs is 2. The molecule has 2 aromatic heterocycles. The minimum atomic E-state index is -0.157. The molecule has 2 saturated carbocycles. The number of hydrogen-bond acceptors (Lipinski definition) is 14. The van der Waals surface area contributed by atoms with Crippen LogP contribution in [0.3, 0.4) is 0 Å². The van der Waals surface area contributed by atoms with Crippen LogP contribution in [-0.2, 0) is 32.0 Å². The number of nitrogens with zero attached hydrogens (tertiary/aromatic N) is 5. The fourth-order valence-electron chi connectivity index (χ4n) is 6.83. The number of carbonyl (C=O) groups excluding carboxylic acids is 4. The van der Waals surface area contributed by atoms with E-state index in [9.17, 15) is 19.2 Å². The Labute approximate surface area is 394 Å². The highest BCUT2D eigenvalue weighted by Gasteiger charge is 2.29. The lowest BCUT2D eigenvalue weighted by atomic mass is 10.0. The molecule has 0 radical (unpaired) electrons. The number of benzene rings is 2. The van der Waals surface area contributed by atoms with Crippen LogP contribution in [0.2, 0.25) is 0 Å². The van der Waals surface area contributed by atoms with Crippen LogP contribution in [-0.4, -0.2) is 93.6 Å². The molecule has 356 valence electrons. The van der Waals surface area contributed by atoms with Gasteiger partial charge in [0.15, 0.2) is 0 Å². The van der Waals surface area contributed by atoms with Crippen LogP contribution >= 0.6 is 11.6 Å². The Hall–Kier alpha value is -5.91. The van der Waals surface area contributed by atoms with Crippen LogP contribution in [0.15, 0.2) is 48.8 Å². The predicted molar refractivity (Wildman–Crippen MR) is 265 cm³/mol. The maximum absolute atomic E-state index is 11.6. The molecule has 0 spiro atoms. The number of aromatic nitrogens is 4. The van der Waals surface area contributed by atoms with E-state index in [1.54, 1.807) is 12.4 Å². The lowest BCUT2D eigenvalue weighted by Crippen LogP contribution is -2.27. The smallest absolute Gasteiger partial charge is 0.229 e. The van der Waals surface area contributed by atoms with Crippen LogP contribution in [0.25, 0.3) is 0 Å². The fourth-order valence-corrected chi connectivity index (χ4v) is 7.05. The Kier molecular flexibility index (Phi) is 20.3. The highest BCUT2D eigenvalue weighted by atomic mass is 35.5. The van der Waals surface area contributed by atoms with Crippen molar-refractivity contribution in [1.82, 2.24) is 30.2 Å². The summed E-state index contributed by atoms with van der Waals surface area (Å²) in [6.07, 6.45) is 11.9. The van der Waals surface area contributed by atoms with Gasteiger partial charge >= 0.3 is 0 Å². The number of halogens is 1. The molecule has 2 aliphatic heterocycles. The van der Waals surface area contributed by atoms with Crippen molar-refractivity contribution in [2.24, 2.45) is 17.6 Å². The van der Waals surface area contributed by atoms with E-state index in [1.807, 2.05) is 50.2 Å². The van der Waals surface area contributed by atoms with Gasteiger partial charge in [0, 0.05) is 90.6 Å². The van der Waals surface area contributed by atoms with Crippen molar-refractivity contribution < 1.29 is 19.2 Å². The summed E-state index contributed by atoms with van der Waals surface area (Å²) < 4.78 is 0. The third kappa shape index (κ3) is 17.1. The first-order valence-corrected chi connectivity index (χ1v) is 23.7. The van der Waals surface area contributed by atoms with E-state index >= 15 is 0 Å². The highest BCUT2D eigenvalue weighted by molar-refractivity contribution is 6.64. The summed E-state index contributed by atoms with van der Waals surface area (Å²) in [5, 5.41) is 21.6.